The molecule has 0 saturated carbocycles. The molecule has 1 aliphatic carbocycles. The summed E-state index contributed by atoms with van der Waals surface area (Å²) in [6, 6.07) is 13.9. The molecule has 0 fully saturated rings. The fourth-order valence-corrected chi connectivity index (χ4v) is 3.85. The van der Waals surface area contributed by atoms with Gasteiger partial charge < -0.3 is 10.2 Å². The van der Waals surface area contributed by atoms with Gasteiger partial charge in [-0.15, -0.1) is 11.8 Å². The number of nitrogens with one attached hydrogen (secondary N) is 1. The summed E-state index contributed by atoms with van der Waals surface area (Å²) < 4.78 is 0. The van der Waals surface area contributed by atoms with Gasteiger partial charge in [0, 0.05) is 31.1 Å². The van der Waals surface area contributed by atoms with E-state index in [9.17, 15) is 9.59 Å². The molecule has 1 N–H and O–H groups in total. The van der Waals surface area contributed by atoms with Crippen molar-refractivity contribution in [2.45, 2.75) is 30.7 Å². The summed E-state index contributed by atoms with van der Waals surface area (Å²) in [5.74, 6) is 0.408. The van der Waals surface area contributed by atoms with Gasteiger partial charge in [0.15, 0.2) is 0 Å². The second-order valence-corrected chi connectivity index (χ2v) is 7.79. The molecule has 0 aromatic heterocycles. The SMILES string of the molecule is CN(C)C(=O)c1ccc(CNC(=O)CSc2ccc3c(c2)CCC3)cc1. The molecule has 3 rings (SSSR count). The van der Waals surface area contributed by atoms with Gasteiger partial charge in [-0.05, 0) is 60.2 Å². The third kappa shape index (κ3) is 4.67. The lowest BCUT2D eigenvalue weighted by Gasteiger charge is -2.11. The quantitative estimate of drug-likeness (QED) is 0.796. The molecule has 0 spiro atoms. The maximum absolute atomic E-state index is 12.1. The van der Waals surface area contributed by atoms with Gasteiger partial charge in [0.25, 0.3) is 5.91 Å². The predicted molar refractivity (Wildman–Crippen MR) is 105 cm³/mol. The summed E-state index contributed by atoms with van der Waals surface area (Å²) >= 11 is 1.58. The molecule has 0 unspecified atom stereocenters. The van der Waals surface area contributed by atoms with Crippen molar-refractivity contribution in [3.05, 3.63) is 64.7 Å². The van der Waals surface area contributed by atoms with Crippen LogP contribution in [0.5, 0.6) is 0 Å². The van der Waals surface area contributed by atoms with Crippen LogP contribution >= 0.6 is 11.8 Å². The Hall–Kier alpha value is -2.27. The topological polar surface area (TPSA) is 49.4 Å². The Morgan fingerprint density at radius 1 is 1.04 bits per heavy atom. The molecule has 1 aliphatic rings. The van der Waals surface area contributed by atoms with Crippen molar-refractivity contribution < 1.29 is 9.59 Å². The Morgan fingerprint density at radius 2 is 1.77 bits per heavy atom. The van der Waals surface area contributed by atoms with Gasteiger partial charge in [-0.25, -0.2) is 0 Å². The molecule has 2 amide bonds. The van der Waals surface area contributed by atoms with E-state index in [1.165, 1.54) is 24.0 Å². The van der Waals surface area contributed by atoms with E-state index in [0.717, 1.165) is 16.9 Å². The zero-order valence-electron chi connectivity index (χ0n) is 15.2. The van der Waals surface area contributed by atoms with Crippen LogP contribution in [0.15, 0.2) is 47.4 Å². The van der Waals surface area contributed by atoms with Crippen LogP contribution in [0.1, 0.15) is 33.5 Å². The number of carbonyl (C=O) groups excluding carboxylic acids is 2. The van der Waals surface area contributed by atoms with Gasteiger partial charge in [-0.3, -0.25) is 9.59 Å². The summed E-state index contributed by atoms with van der Waals surface area (Å²) in [5.41, 5.74) is 4.52. The van der Waals surface area contributed by atoms with Crippen LogP contribution in [0.4, 0.5) is 0 Å². The molecule has 26 heavy (non-hydrogen) atoms. The summed E-state index contributed by atoms with van der Waals surface area (Å²) in [6.45, 7) is 0.472. The van der Waals surface area contributed by atoms with Crippen molar-refractivity contribution in [1.29, 1.82) is 0 Å². The molecule has 0 heterocycles. The number of hydrogen-bond donors (Lipinski definition) is 1. The van der Waals surface area contributed by atoms with Crippen LogP contribution < -0.4 is 5.32 Å². The third-order valence-corrected chi connectivity index (χ3v) is 5.53. The van der Waals surface area contributed by atoms with E-state index in [1.54, 1.807) is 42.9 Å². The van der Waals surface area contributed by atoms with Gasteiger partial charge in [0.1, 0.15) is 0 Å². The van der Waals surface area contributed by atoms with Crippen molar-refractivity contribution in [3.63, 3.8) is 0 Å². The molecule has 0 saturated heterocycles. The van der Waals surface area contributed by atoms with Crippen LogP contribution in [-0.4, -0.2) is 36.6 Å². The van der Waals surface area contributed by atoms with E-state index < -0.39 is 0 Å². The number of amides is 2. The Bertz CT molecular complexity index is 800. The summed E-state index contributed by atoms with van der Waals surface area (Å²) in [5, 5.41) is 2.94. The van der Waals surface area contributed by atoms with Crippen molar-refractivity contribution in [1.82, 2.24) is 10.2 Å². The lowest BCUT2D eigenvalue weighted by atomic mass is 10.1. The monoisotopic (exact) mass is 368 g/mol. The number of hydrogen-bond acceptors (Lipinski definition) is 3. The summed E-state index contributed by atoms with van der Waals surface area (Å²) in [7, 11) is 3.46. The number of thioether (sulfide) groups is 1. The van der Waals surface area contributed by atoms with Gasteiger partial charge >= 0.3 is 0 Å². The lowest BCUT2D eigenvalue weighted by molar-refractivity contribution is -0.118. The average molecular weight is 369 g/mol. The zero-order valence-corrected chi connectivity index (χ0v) is 16.1. The van der Waals surface area contributed by atoms with Gasteiger partial charge in [-0.2, -0.15) is 0 Å². The van der Waals surface area contributed by atoms with E-state index in [1.807, 2.05) is 12.1 Å². The number of rotatable bonds is 6. The minimum atomic E-state index is -0.0219. The maximum Gasteiger partial charge on any atom is 0.253 e. The fourth-order valence-electron chi connectivity index (χ4n) is 3.06. The van der Waals surface area contributed by atoms with Crippen LogP contribution in [0.2, 0.25) is 0 Å². The van der Waals surface area contributed by atoms with Crippen LogP contribution in [0.25, 0.3) is 0 Å². The molecule has 0 bridgehead atoms. The molecule has 0 aliphatic heterocycles. The number of aryl methyl sites for hydroxylation is 2. The van der Waals surface area contributed by atoms with Crippen molar-refractivity contribution in [3.8, 4) is 0 Å². The highest BCUT2D eigenvalue weighted by Crippen LogP contribution is 2.27. The fraction of sp³-hybridized carbons (Fsp3) is 0.333. The van der Waals surface area contributed by atoms with Crippen molar-refractivity contribution >= 4 is 23.6 Å². The highest BCUT2D eigenvalue weighted by Gasteiger charge is 2.12. The van der Waals surface area contributed by atoms with Crippen molar-refractivity contribution in [2.75, 3.05) is 19.8 Å². The Morgan fingerprint density at radius 3 is 2.50 bits per heavy atom. The Kier molecular flexibility index (Phi) is 5.99. The Labute approximate surface area is 159 Å². The molecular weight excluding hydrogens is 344 g/mol. The first-order chi connectivity index (χ1) is 12.5. The largest absolute Gasteiger partial charge is 0.351 e. The predicted octanol–water partition coefficient (Wildman–Crippen LogP) is 3.29. The normalized spacial score (nSPS) is 12.5. The standard InChI is InChI=1S/C21H24N2O2S/c1-23(2)21(25)17-8-6-15(7-9-17)13-22-20(24)14-26-19-11-10-16-4-3-5-18(16)12-19/h6-12H,3-5,13-14H2,1-2H3,(H,22,24). The Balaban J connectivity index is 1.46. The molecule has 2 aromatic rings. The molecular formula is C21H24N2O2S. The minimum absolute atomic E-state index is 0.0175. The smallest absolute Gasteiger partial charge is 0.253 e. The van der Waals surface area contributed by atoms with E-state index in [0.29, 0.717) is 17.9 Å². The first kappa shape index (κ1) is 18.5. The van der Waals surface area contributed by atoms with E-state index >= 15 is 0 Å². The molecule has 2 aromatic carbocycles. The van der Waals surface area contributed by atoms with E-state index in [2.05, 4.69) is 23.5 Å². The molecule has 4 nitrogen and oxygen atoms in total. The first-order valence-electron chi connectivity index (χ1n) is 8.85. The molecule has 0 atom stereocenters. The number of fused-ring (bicyclic) bond motifs is 1. The van der Waals surface area contributed by atoms with Crippen LogP contribution in [0.3, 0.4) is 0 Å². The van der Waals surface area contributed by atoms with Crippen LogP contribution in [0, 0.1) is 0 Å². The number of nitrogens with zero attached hydrogens (tertiary/aromatic N) is 1. The highest BCUT2D eigenvalue weighted by atomic mass is 32.2. The molecule has 0 radical (unpaired) electrons. The van der Waals surface area contributed by atoms with Crippen molar-refractivity contribution in [2.24, 2.45) is 0 Å². The summed E-state index contributed by atoms with van der Waals surface area (Å²) in [6.07, 6.45) is 3.57. The van der Waals surface area contributed by atoms with E-state index in [4.69, 9.17) is 0 Å². The molecule has 5 heteroatoms. The second-order valence-electron chi connectivity index (χ2n) is 6.75. The number of carbonyl (C=O) groups is 2. The van der Waals surface area contributed by atoms with Gasteiger partial charge in [-0.1, -0.05) is 18.2 Å². The lowest BCUT2D eigenvalue weighted by Crippen LogP contribution is -2.24. The second kappa shape index (κ2) is 8.41. The van der Waals surface area contributed by atoms with Gasteiger partial charge in [0.2, 0.25) is 5.91 Å². The van der Waals surface area contributed by atoms with Gasteiger partial charge in [0.05, 0.1) is 5.75 Å². The number of benzene rings is 2. The summed E-state index contributed by atoms with van der Waals surface area (Å²) in [4.78, 5) is 26.7. The molecule has 136 valence electrons. The average Bonchev–Trinajstić information content (AvgIpc) is 3.12. The van der Waals surface area contributed by atoms with Crippen LogP contribution in [-0.2, 0) is 24.2 Å². The highest BCUT2D eigenvalue weighted by molar-refractivity contribution is 8.00. The van der Waals surface area contributed by atoms with E-state index in [-0.39, 0.29) is 11.8 Å². The third-order valence-electron chi connectivity index (χ3n) is 4.54. The zero-order chi connectivity index (χ0) is 18.5. The first-order valence-corrected chi connectivity index (χ1v) is 9.83. The maximum atomic E-state index is 12.1. The minimum Gasteiger partial charge on any atom is -0.351 e.